The van der Waals surface area contributed by atoms with E-state index >= 15 is 0 Å². The number of anilines is 1. The van der Waals surface area contributed by atoms with Gasteiger partial charge in [-0.1, -0.05) is 0 Å². The molecule has 0 aromatic carbocycles. The summed E-state index contributed by atoms with van der Waals surface area (Å²) >= 11 is 3.28. The largest absolute Gasteiger partial charge is 0.383 e. The summed E-state index contributed by atoms with van der Waals surface area (Å²) in [5, 5.41) is 4.08. The van der Waals surface area contributed by atoms with Crippen molar-refractivity contribution in [2.75, 3.05) is 5.73 Å². The smallest absolute Gasteiger partial charge is 0.159 e. The Labute approximate surface area is 89.1 Å². The standard InChI is InChI=1S/C8H8BrN5/c1-5-2-7(12-4-11-5)14-8(10)6(9)3-13-14/h2-4H,10H2,1H3. The Kier molecular flexibility index (Phi) is 2.20. The third kappa shape index (κ3) is 1.48. The molecule has 2 rings (SSSR count). The zero-order valence-electron chi connectivity index (χ0n) is 7.48. The van der Waals surface area contributed by atoms with Crippen LogP contribution >= 0.6 is 15.9 Å². The molecule has 0 aliphatic heterocycles. The molecule has 2 aromatic rings. The Morgan fingerprint density at radius 1 is 1.43 bits per heavy atom. The van der Waals surface area contributed by atoms with Crippen LogP contribution in [0.4, 0.5) is 5.82 Å². The van der Waals surface area contributed by atoms with Gasteiger partial charge in [-0.3, -0.25) is 0 Å². The van der Waals surface area contributed by atoms with Crippen molar-refractivity contribution in [2.45, 2.75) is 6.92 Å². The van der Waals surface area contributed by atoms with Crippen molar-refractivity contribution >= 4 is 21.7 Å². The molecule has 0 unspecified atom stereocenters. The zero-order valence-corrected chi connectivity index (χ0v) is 9.06. The van der Waals surface area contributed by atoms with Crippen LogP contribution in [0.1, 0.15) is 5.69 Å². The maximum Gasteiger partial charge on any atom is 0.159 e. The normalized spacial score (nSPS) is 10.4. The van der Waals surface area contributed by atoms with Gasteiger partial charge in [0.1, 0.15) is 12.1 Å². The van der Waals surface area contributed by atoms with E-state index in [9.17, 15) is 0 Å². The molecule has 0 fully saturated rings. The summed E-state index contributed by atoms with van der Waals surface area (Å²) < 4.78 is 2.31. The van der Waals surface area contributed by atoms with Crippen LogP contribution in [0.3, 0.4) is 0 Å². The van der Waals surface area contributed by atoms with Gasteiger partial charge in [0.2, 0.25) is 0 Å². The molecule has 2 aromatic heterocycles. The zero-order chi connectivity index (χ0) is 10.1. The number of nitrogens with zero attached hydrogens (tertiary/aromatic N) is 4. The quantitative estimate of drug-likeness (QED) is 0.833. The van der Waals surface area contributed by atoms with E-state index in [0.29, 0.717) is 11.6 Å². The van der Waals surface area contributed by atoms with Crippen LogP contribution in [-0.4, -0.2) is 19.7 Å². The molecule has 2 heterocycles. The first-order valence-electron chi connectivity index (χ1n) is 3.96. The monoisotopic (exact) mass is 253 g/mol. The van der Waals surface area contributed by atoms with Gasteiger partial charge in [0, 0.05) is 11.8 Å². The summed E-state index contributed by atoms with van der Waals surface area (Å²) in [5.41, 5.74) is 6.65. The molecule has 6 heteroatoms. The topological polar surface area (TPSA) is 69.6 Å². The number of nitrogens with two attached hydrogens (primary N) is 1. The molecule has 0 saturated heterocycles. The fraction of sp³-hybridized carbons (Fsp3) is 0.125. The lowest BCUT2D eigenvalue weighted by molar-refractivity contribution is 0.844. The molecule has 72 valence electrons. The maximum atomic E-state index is 5.78. The number of hydrogen-bond donors (Lipinski definition) is 1. The van der Waals surface area contributed by atoms with E-state index in [4.69, 9.17) is 5.73 Å². The van der Waals surface area contributed by atoms with Crippen LogP contribution in [0.2, 0.25) is 0 Å². The van der Waals surface area contributed by atoms with Crippen molar-refractivity contribution in [1.29, 1.82) is 0 Å². The second-order valence-electron chi connectivity index (χ2n) is 2.81. The van der Waals surface area contributed by atoms with Crippen LogP contribution < -0.4 is 5.73 Å². The van der Waals surface area contributed by atoms with Crippen molar-refractivity contribution in [2.24, 2.45) is 0 Å². The van der Waals surface area contributed by atoms with E-state index in [0.717, 1.165) is 10.2 Å². The minimum absolute atomic E-state index is 0.531. The molecule has 0 aliphatic carbocycles. The van der Waals surface area contributed by atoms with Crippen molar-refractivity contribution < 1.29 is 0 Å². The van der Waals surface area contributed by atoms with E-state index in [2.05, 4.69) is 31.0 Å². The SMILES string of the molecule is Cc1cc(-n2ncc(Br)c2N)ncn1. The summed E-state index contributed by atoms with van der Waals surface area (Å²) in [5.74, 6) is 1.20. The number of aromatic nitrogens is 4. The molecule has 0 radical (unpaired) electrons. The Hall–Kier alpha value is -1.43. The first kappa shape index (κ1) is 9.14. The average molecular weight is 254 g/mol. The summed E-state index contributed by atoms with van der Waals surface area (Å²) in [7, 11) is 0. The predicted molar refractivity (Wildman–Crippen MR) is 56.0 cm³/mol. The Morgan fingerprint density at radius 3 is 2.79 bits per heavy atom. The van der Waals surface area contributed by atoms with Crippen LogP contribution in [0, 0.1) is 6.92 Å². The number of halogens is 1. The van der Waals surface area contributed by atoms with Gasteiger partial charge in [-0.15, -0.1) is 0 Å². The molecule has 0 bridgehead atoms. The van der Waals surface area contributed by atoms with E-state index in [1.54, 1.807) is 10.9 Å². The fourth-order valence-electron chi connectivity index (χ4n) is 1.08. The molecular weight excluding hydrogens is 246 g/mol. The lowest BCUT2D eigenvalue weighted by Gasteiger charge is -2.02. The van der Waals surface area contributed by atoms with Crippen LogP contribution in [0.5, 0.6) is 0 Å². The third-order valence-corrected chi connectivity index (χ3v) is 2.38. The highest BCUT2D eigenvalue weighted by Gasteiger charge is 2.07. The van der Waals surface area contributed by atoms with E-state index in [-0.39, 0.29) is 0 Å². The summed E-state index contributed by atoms with van der Waals surface area (Å²) in [4.78, 5) is 8.07. The van der Waals surface area contributed by atoms with Crippen LogP contribution in [-0.2, 0) is 0 Å². The van der Waals surface area contributed by atoms with Gasteiger partial charge in [-0.25, -0.2) is 9.97 Å². The van der Waals surface area contributed by atoms with E-state index in [1.807, 2.05) is 13.0 Å². The Morgan fingerprint density at radius 2 is 2.21 bits per heavy atom. The van der Waals surface area contributed by atoms with Crippen molar-refractivity contribution in [1.82, 2.24) is 19.7 Å². The molecule has 2 N–H and O–H groups in total. The van der Waals surface area contributed by atoms with Crippen molar-refractivity contribution in [3.05, 3.63) is 28.8 Å². The highest BCUT2D eigenvalue weighted by Crippen LogP contribution is 2.20. The number of nitrogen functional groups attached to an aromatic ring is 1. The average Bonchev–Trinajstić information content (AvgIpc) is 2.48. The van der Waals surface area contributed by atoms with E-state index < -0.39 is 0 Å². The highest BCUT2D eigenvalue weighted by molar-refractivity contribution is 9.10. The molecule has 5 nitrogen and oxygen atoms in total. The minimum Gasteiger partial charge on any atom is -0.383 e. The molecule has 0 atom stereocenters. The molecular formula is C8H8BrN5. The van der Waals surface area contributed by atoms with Crippen molar-refractivity contribution in [3.63, 3.8) is 0 Å². The maximum absolute atomic E-state index is 5.78. The number of rotatable bonds is 1. The van der Waals surface area contributed by atoms with E-state index in [1.165, 1.54) is 6.33 Å². The highest BCUT2D eigenvalue weighted by atomic mass is 79.9. The lowest BCUT2D eigenvalue weighted by atomic mass is 10.4. The Balaban J connectivity index is 2.55. The number of aryl methyl sites for hydroxylation is 1. The first-order chi connectivity index (χ1) is 6.68. The van der Waals surface area contributed by atoms with Gasteiger partial charge in [-0.05, 0) is 22.9 Å². The van der Waals surface area contributed by atoms with Gasteiger partial charge in [0.25, 0.3) is 0 Å². The summed E-state index contributed by atoms with van der Waals surface area (Å²) in [6.07, 6.45) is 3.12. The lowest BCUT2D eigenvalue weighted by Crippen LogP contribution is -2.04. The Bertz CT molecular complexity index is 465. The fourth-order valence-corrected chi connectivity index (χ4v) is 1.34. The molecule has 0 saturated carbocycles. The summed E-state index contributed by atoms with van der Waals surface area (Å²) in [6, 6.07) is 1.82. The van der Waals surface area contributed by atoms with Gasteiger partial charge < -0.3 is 5.73 Å². The van der Waals surface area contributed by atoms with Crippen LogP contribution in [0.25, 0.3) is 5.82 Å². The minimum atomic E-state index is 0.531. The molecule has 14 heavy (non-hydrogen) atoms. The molecule has 0 spiro atoms. The van der Waals surface area contributed by atoms with Gasteiger partial charge in [0.05, 0.1) is 10.7 Å². The first-order valence-corrected chi connectivity index (χ1v) is 4.76. The van der Waals surface area contributed by atoms with Gasteiger partial charge in [0.15, 0.2) is 5.82 Å². The second kappa shape index (κ2) is 3.38. The third-order valence-electron chi connectivity index (χ3n) is 1.77. The van der Waals surface area contributed by atoms with Crippen LogP contribution in [0.15, 0.2) is 23.1 Å². The van der Waals surface area contributed by atoms with Gasteiger partial charge >= 0.3 is 0 Å². The molecule has 0 amide bonds. The molecule has 0 aliphatic rings. The summed E-state index contributed by atoms with van der Waals surface area (Å²) in [6.45, 7) is 1.89. The van der Waals surface area contributed by atoms with Gasteiger partial charge in [-0.2, -0.15) is 9.78 Å². The number of hydrogen-bond acceptors (Lipinski definition) is 4. The van der Waals surface area contributed by atoms with Crippen molar-refractivity contribution in [3.8, 4) is 5.82 Å². The predicted octanol–water partition coefficient (Wildman–Crippen LogP) is 1.32. The second-order valence-corrected chi connectivity index (χ2v) is 3.66.